The zero-order valence-electron chi connectivity index (χ0n) is 15.5. The first-order chi connectivity index (χ1) is 13.0. The molecule has 2 aromatic rings. The number of cyclic esters (lactones) is 1. The molecular formula is C21H21ClN2O3. The van der Waals surface area contributed by atoms with Crippen LogP contribution >= 0.6 is 11.6 Å². The number of carbonyl (C=O) groups excluding carboxylic acids is 1. The third kappa shape index (κ3) is 4.14. The van der Waals surface area contributed by atoms with Crippen molar-refractivity contribution >= 4 is 35.2 Å². The monoisotopic (exact) mass is 384 g/mol. The number of methoxy groups -OCH3 is 1. The van der Waals surface area contributed by atoms with E-state index < -0.39 is 5.97 Å². The van der Waals surface area contributed by atoms with Gasteiger partial charge in [-0.05, 0) is 55.8 Å². The predicted octanol–water partition coefficient (Wildman–Crippen LogP) is 4.54. The van der Waals surface area contributed by atoms with Crippen LogP contribution in [0.5, 0.6) is 5.75 Å². The summed E-state index contributed by atoms with van der Waals surface area (Å²) in [5.41, 5.74) is 2.80. The lowest BCUT2D eigenvalue weighted by Crippen LogP contribution is -2.21. The first kappa shape index (κ1) is 19.0. The maximum absolute atomic E-state index is 12.2. The number of carbonyl (C=O) groups is 1. The Morgan fingerprint density at radius 3 is 2.48 bits per heavy atom. The number of anilines is 1. The molecule has 0 bridgehead atoms. The Morgan fingerprint density at radius 2 is 1.85 bits per heavy atom. The second-order valence-corrected chi connectivity index (χ2v) is 6.38. The van der Waals surface area contributed by atoms with Gasteiger partial charge in [0.1, 0.15) is 5.75 Å². The number of benzene rings is 2. The van der Waals surface area contributed by atoms with Crippen LogP contribution in [0.15, 0.2) is 53.2 Å². The molecule has 1 heterocycles. The number of halogens is 1. The van der Waals surface area contributed by atoms with Crippen molar-refractivity contribution < 1.29 is 14.3 Å². The fourth-order valence-corrected chi connectivity index (χ4v) is 3.07. The molecule has 0 aliphatic carbocycles. The first-order valence-corrected chi connectivity index (χ1v) is 9.15. The van der Waals surface area contributed by atoms with Crippen LogP contribution in [0.4, 0.5) is 5.69 Å². The Bertz CT molecular complexity index is 900. The largest absolute Gasteiger partial charge is 0.496 e. The van der Waals surface area contributed by atoms with Gasteiger partial charge in [-0.25, -0.2) is 9.79 Å². The number of rotatable bonds is 6. The molecule has 1 aliphatic rings. The summed E-state index contributed by atoms with van der Waals surface area (Å²) in [5.74, 6) is 0.223. The van der Waals surface area contributed by atoms with Gasteiger partial charge in [0, 0.05) is 23.8 Å². The van der Waals surface area contributed by atoms with Crippen molar-refractivity contribution in [1.29, 1.82) is 0 Å². The summed E-state index contributed by atoms with van der Waals surface area (Å²) < 4.78 is 10.6. The molecule has 140 valence electrons. The molecule has 6 heteroatoms. The van der Waals surface area contributed by atoms with E-state index in [2.05, 4.69) is 23.7 Å². The molecule has 5 nitrogen and oxygen atoms in total. The number of hydrogen-bond donors (Lipinski definition) is 0. The van der Waals surface area contributed by atoms with Gasteiger partial charge in [-0.15, -0.1) is 0 Å². The standard InChI is InChI=1S/C21H21ClN2O3/c1-4-24(5-2)16-9-6-14(7-10-16)12-18-21(25)27-20(23-18)17-13-15(22)8-11-19(17)26-3/h6-13H,4-5H2,1-3H3. The molecule has 0 saturated heterocycles. The number of aliphatic imine (C=N–C) groups is 1. The lowest BCUT2D eigenvalue weighted by molar-refractivity contribution is -0.129. The zero-order valence-corrected chi connectivity index (χ0v) is 16.3. The summed E-state index contributed by atoms with van der Waals surface area (Å²) in [7, 11) is 1.54. The van der Waals surface area contributed by atoms with Crippen LogP contribution in [0.2, 0.25) is 5.02 Å². The van der Waals surface area contributed by atoms with Gasteiger partial charge in [0.15, 0.2) is 5.70 Å². The molecule has 2 aromatic carbocycles. The molecular weight excluding hydrogens is 364 g/mol. The summed E-state index contributed by atoms with van der Waals surface area (Å²) in [6.45, 7) is 6.12. The van der Waals surface area contributed by atoms with E-state index in [0.717, 1.165) is 24.3 Å². The van der Waals surface area contributed by atoms with Crippen LogP contribution in [0, 0.1) is 0 Å². The average molecular weight is 385 g/mol. The predicted molar refractivity (Wildman–Crippen MR) is 109 cm³/mol. The van der Waals surface area contributed by atoms with Crippen molar-refractivity contribution in [2.24, 2.45) is 4.99 Å². The van der Waals surface area contributed by atoms with Gasteiger partial charge in [0.25, 0.3) is 0 Å². The van der Waals surface area contributed by atoms with Gasteiger partial charge in [-0.1, -0.05) is 23.7 Å². The lowest BCUT2D eigenvalue weighted by atomic mass is 10.1. The van der Waals surface area contributed by atoms with E-state index in [4.69, 9.17) is 21.1 Å². The quantitative estimate of drug-likeness (QED) is 0.542. The van der Waals surface area contributed by atoms with Crippen molar-refractivity contribution in [2.75, 3.05) is 25.1 Å². The third-order valence-corrected chi connectivity index (χ3v) is 4.57. The van der Waals surface area contributed by atoms with Gasteiger partial charge < -0.3 is 14.4 Å². The summed E-state index contributed by atoms with van der Waals surface area (Å²) in [4.78, 5) is 18.8. The van der Waals surface area contributed by atoms with Crippen LogP contribution in [-0.2, 0) is 9.53 Å². The van der Waals surface area contributed by atoms with Crippen LogP contribution in [0.25, 0.3) is 6.08 Å². The Labute approximate surface area is 163 Å². The van der Waals surface area contributed by atoms with E-state index in [1.54, 1.807) is 24.3 Å². The Hall–Kier alpha value is -2.79. The molecule has 27 heavy (non-hydrogen) atoms. The van der Waals surface area contributed by atoms with E-state index in [0.29, 0.717) is 16.3 Å². The fraction of sp³-hybridized carbons (Fsp3) is 0.238. The molecule has 0 amide bonds. The second kappa shape index (κ2) is 8.27. The topological polar surface area (TPSA) is 51.1 Å². The normalized spacial score (nSPS) is 14.9. The van der Waals surface area contributed by atoms with E-state index in [-0.39, 0.29) is 11.6 Å². The highest BCUT2D eigenvalue weighted by atomic mass is 35.5. The highest BCUT2D eigenvalue weighted by Gasteiger charge is 2.26. The smallest absolute Gasteiger partial charge is 0.363 e. The van der Waals surface area contributed by atoms with Crippen LogP contribution in [-0.4, -0.2) is 32.1 Å². The van der Waals surface area contributed by atoms with Crippen molar-refractivity contribution in [3.8, 4) is 5.75 Å². The average Bonchev–Trinajstić information content (AvgIpc) is 3.04. The molecule has 0 atom stereocenters. The molecule has 0 saturated carbocycles. The van der Waals surface area contributed by atoms with Crippen molar-refractivity contribution in [2.45, 2.75) is 13.8 Å². The van der Waals surface area contributed by atoms with Gasteiger partial charge in [-0.2, -0.15) is 0 Å². The van der Waals surface area contributed by atoms with Crippen LogP contribution < -0.4 is 9.64 Å². The van der Waals surface area contributed by atoms with E-state index in [1.165, 1.54) is 7.11 Å². The molecule has 3 rings (SSSR count). The first-order valence-electron chi connectivity index (χ1n) is 8.77. The SMILES string of the molecule is CCN(CC)c1ccc(C=C2N=C(c3cc(Cl)ccc3OC)OC2=O)cc1. The number of hydrogen-bond acceptors (Lipinski definition) is 5. The van der Waals surface area contributed by atoms with Gasteiger partial charge in [0.2, 0.25) is 5.90 Å². The Balaban J connectivity index is 1.89. The van der Waals surface area contributed by atoms with Crippen molar-refractivity contribution in [1.82, 2.24) is 0 Å². The zero-order chi connectivity index (χ0) is 19.4. The molecule has 0 fully saturated rings. The molecule has 0 unspecified atom stereocenters. The maximum Gasteiger partial charge on any atom is 0.363 e. The van der Waals surface area contributed by atoms with Gasteiger partial charge in [-0.3, -0.25) is 0 Å². The highest BCUT2D eigenvalue weighted by Crippen LogP contribution is 2.28. The van der Waals surface area contributed by atoms with E-state index in [1.807, 2.05) is 24.3 Å². The van der Waals surface area contributed by atoms with E-state index in [9.17, 15) is 4.79 Å². The lowest BCUT2D eigenvalue weighted by Gasteiger charge is -2.20. The molecule has 0 spiro atoms. The Morgan fingerprint density at radius 1 is 1.15 bits per heavy atom. The summed E-state index contributed by atoms with van der Waals surface area (Å²) >= 11 is 6.05. The summed E-state index contributed by atoms with van der Waals surface area (Å²) in [6, 6.07) is 13.1. The van der Waals surface area contributed by atoms with E-state index >= 15 is 0 Å². The maximum atomic E-state index is 12.2. The number of esters is 1. The molecule has 1 aliphatic heterocycles. The number of nitrogens with zero attached hydrogens (tertiary/aromatic N) is 2. The van der Waals surface area contributed by atoms with Crippen LogP contribution in [0.1, 0.15) is 25.0 Å². The Kier molecular flexibility index (Phi) is 5.81. The minimum Gasteiger partial charge on any atom is -0.496 e. The third-order valence-electron chi connectivity index (χ3n) is 4.34. The van der Waals surface area contributed by atoms with Crippen LogP contribution in [0.3, 0.4) is 0 Å². The minimum atomic E-state index is -0.500. The molecule has 0 radical (unpaired) electrons. The molecule has 0 N–H and O–H groups in total. The summed E-state index contributed by atoms with van der Waals surface area (Å²) in [6.07, 6.45) is 1.71. The fourth-order valence-electron chi connectivity index (χ4n) is 2.90. The highest BCUT2D eigenvalue weighted by molar-refractivity contribution is 6.31. The second-order valence-electron chi connectivity index (χ2n) is 5.94. The number of ether oxygens (including phenoxy) is 2. The van der Waals surface area contributed by atoms with Gasteiger partial charge in [0.05, 0.1) is 12.7 Å². The molecule has 0 aromatic heterocycles. The van der Waals surface area contributed by atoms with Gasteiger partial charge >= 0.3 is 5.97 Å². The van der Waals surface area contributed by atoms with Crippen molar-refractivity contribution in [3.63, 3.8) is 0 Å². The van der Waals surface area contributed by atoms with Crippen molar-refractivity contribution in [3.05, 3.63) is 64.3 Å². The summed E-state index contributed by atoms with van der Waals surface area (Å²) in [5, 5.41) is 0.508. The minimum absolute atomic E-state index is 0.186.